The first-order valence-electron chi connectivity index (χ1n) is 6.72. The first-order valence-corrected chi connectivity index (χ1v) is 6.72. The van der Waals surface area contributed by atoms with E-state index in [0.717, 1.165) is 16.9 Å². The molecule has 0 amide bonds. The van der Waals surface area contributed by atoms with Crippen molar-refractivity contribution in [2.24, 2.45) is 0 Å². The maximum absolute atomic E-state index is 10.7. The van der Waals surface area contributed by atoms with Gasteiger partial charge in [0.25, 0.3) is 0 Å². The number of ether oxygens (including phenoxy) is 2. The van der Waals surface area contributed by atoms with Gasteiger partial charge >= 0.3 is 5.97 Å². The summed E-state index contributed by atoms with van der Waals surface area (Å²) in [7, 11) is 0. The Morgan fingerprint density at radius 1 is 0.905 bits per heavy atom. The van der Waals surface area contributed by atoms with Crippen LogP contribution in [0.2, 0.25) is 0 Å². The van der Waals surface area contributed by atoms with E-state index in [9.17, 15) is 4.79 Å². The Bertz CT molecular complexity index is 597. The van der Waals surface area contributed by atoms with Gasteiger partial charge in [-0.1, -0.05) is 6.07 Å². The lowest BCUT2D eigenvalue weighted by atomic mass is 10.1. The summed E-state index contributed by atoms with van der Waals surface area (Å²) in [4.78, 5) is 10.7. The fraction of sp³-hybridized carbons (Fsp3) is 0.235. The van der Waals surface area contributed by atoms with Crippen LogP contribution in [0.1, 0.15) is 21.5 Å². The number of aryl methyl sites for hydroxylation is 2. The maximum atomic E-state index is 10.7. The SMILES string of the molecule is Cc1cc(C)cc(OCCOc2ccc(C(=O)O)cc2)c1. The van der Waals surface area contributed by atoms with E-state index in [2.05, 4.69) is 6.07 Å². The highest BCUT2D eigenvalue weighted by Gasteiger charge is 2.02. The lowest BCUT2D eigenvalue weighted by molar-refractivity contribution is 0.0697. The zero-order valence-corrected chi connectivity index (χ0v) is 12.1. The van der Waals surface area contributed by atoms with Gasteiger partial charge in [-0.25, -0.2) is 4.79 Å². The predicted molar refractivity (Wildman–Crippen MR) is 80.3 cm³/mol. The summed E-state index contributed by atoms with van der Waals surface area (Å²) in [6, 6.07) is 12.4. The van der Waals surface area contributed by atoms with E-state index in [0.29, 0.717) is 19.0 Å². The molecule has 0 aromatic heterocycles. The number of hydrogen-bond acceptors (Lipinski definition) is 3. The van der Waals surface area contributed by atoms with Gasteiger partial charge in [-0.05, 0) is 61.4 Å². The monoisotopic (exact) mass is 286 g/mol. The molecule has 0 fully saturated rings. The van der Waals surface area contributed by atoms with Gasteiger partial charge in [0.15, 0.2) is 0 Å². The fourth-order valence-corrected chi connectivity index (χ4v) is 2.03. The predicted octanol–water partition coefficient (Wildman–Crippen LogP) is 3.46. The Morgan fingerprint density at radius 3 is 1.95 bits per heavy atom. The smallest absolute Gasteiger partial charge is 0.335 e. The van der Waals surface area contributed by atoms with E-state index >= 15 is 0 Å². The molecule has 0 saturated heterocycles. The summed E-state index contributed by atoms with van der Waals surface area (Å²) >= 11 is 0. The van der Waals surface area contributed by atoms with Gasteiger partial charge in [0.05, 0.1) is 5.56 Å². The van der Waals surface area contributed by atoms with Crippen molar-refractivity contribution in [3.8, 4) is 11.5 Å². The van der Waals surface area contributed by atoms with E-state index in [1.54, 1.807) is 12.1 Å². The highest BCUT2D eigenvalue weighted by molar-refractivity contribution is 5.87. The Balaban J connectivity index is 1.80. The van der Waals surface area contributed by atoms with Crippen LogP contribution in [0.3, 0.4) is 0 Å². The highest BCUT2D eigenvalue weighted by atomic mass is 16.5. The van der Waals surface area contributed by atoms with Crippen molar-refractivity contribution in [1.29, 1.82) is 0 Å². The van der Waals surface area contributed by atoms with Crippen LogP contribution in [0, 0.1) is 13.8 Å². The van der Waals surface area contributed by atoms with E-state index in [1.807, 2.05) is 26.0 Å². The number of carbonyl (C=O) groups is 1. The number of benzene rings is 2. The van der Waals surface area contributed by atoms with Gasteiger partial charge < -0.3 is 14.6 Å². The topological polar surface area (TPSA) is 55.8 Å². The first-order chi connectivity index (χ1) is 10.0. The van der Waals surface area contributed by atoms with Crippen molar-refractivity contribution in [2.75, 3.05) is 13.2 Å². The van der Waals surface area contributed by atoms with E-state index < -0.39 is 5.97 Å². The third-order valence-corrected chi connectivity index (χ3v) is 2.92. The molecule has 0 aliphatic heterocycles. The van der Waals surface area contributed by atoms with Crippen molar-refractivity contribution < 1.29 is 19.4 Å². The molecule has 0 spiro atoms. The van der Waals surface area contributed by atoms with Crippen LogP contribution in [0.15, 0.2) is 42.5 Å². The van der Waals surface area contributed by atoms with Crippen LogP contribution in [-0.4, -0.2) is 24.3 Å². The van der Waals surface area contributed by atoms with E-state index in [4.69, 9.17) is 14.6 Å². The molecule has 0 saturated carbocycles. The summed E-state index contributed by atoms with van der Waals surface area (Å²) in [6.45, 7) is 4.89. The third-order valence-electron chi connectivity index (χ3n) is 2.92. The van der Waals surface area contributed by atoms with Crippen molar-refractivity contribution in [2.45, 2.75) is 13.8 Å². The van der Waals surface area contributed by atoms with Crippen LogP contribution >= 0.6 is 0 Å². The zero-order chi connectivity index (χ0) is 15.2. The first kappa shape index (κ1) is 14.9. The quantitative estimate of drug-likeness (QED) is 0.826. The molecule has 0 aliphatic carbocycles. The standard InChI is InChI=1S/C17H18O4/c1-12-9-13(2)11-16(10-12)21-8-7-20-15-5-3-14(4-6-15)17(18)19/h3-6,9-11H,7-8H2,1-2H3,(H,18,19). The average Bonchev–Trinajstić information content (AvgIpc) is 2.43. The largest absolute Gasteiger partial charge is 0.490 e. The number of aromatic carboxylic acids is 1. The maximum Gasteiger partial charge on any atom is 0.335 e. The number of carboxylic acid groups (broad SMARTS) is 1. The number of carboxylic acids is 1. The molecule has 2 aromatic rings. The minimum absolute atomic E-state index is 0.244. The van der Waals surface area contributed by atoms with Crippen LogP contribution in [0.4, 0.5) is 0 Å². The fourth-order valence-electron chi connectivity index (χ4n) is 2.03. The summed E-state index contributed by atoms with van der Waals surface area (Å²) in [5.74, 6) is 0.515. The molecule has 4 nitrogen and oxygen atoms in total. The van der Waals surface area contributed by atoms with E-state index in [1.165, 1.54) is 12.1 Å². The second-order valence-electron chi connectivity index (χ2n) is 4.85. The summed E-state index contributed by atoms with van der Waals surface area (Å²) in [6.07, 6.45) is 0. The molecule has 0 unspecified atom stereocenters. The number of rotatable bonds is 6. The molecule has 21 heavy (non-hydrogen) atoms. The van der Waals surface area contributed by atoms with Crippen molar-refractivity contribution in [3.63, 3.8) is 0 Å². The van der Waals surface area contributed by atoms with Gasteiger partial charge in [-0.15, -0.1) is 0 Å². The van der Waals surface area contributed by atoms with E-state index in [-0.39, 0.29) is 5.56 Å². The summed E-state index contributed by atoms with van der Waals surface area (Å²) < 4.78 is 11.1. The van der Waals surface area contributed by atoms with Crippen LogP contribution in [-0.2, 0) is 0 Å². The molecule has 0 atom stereocenters. The molecular formula is C17H18O4. The molecule has 0 radical (unpaired) electrons. The average molecular weight is 286 g/mol. The summed E-state index contributed by atoms with van der Waals surface area (Å²) in [5.41, 5.74) is 2.57. The molecular weight excluding hydrogens is 268 g/mol. The Labute approximate surface area is 123 Å². The molecule has 1 N–H and O–H groups in total. The highest BCUT2D eigenvalue weighted by Crippen LogP contribution is 2.16. The number of hydrogen-bond donors (Lipinski definition) is 1. The van der Waals surface area contributed by atoms with Crippen molar-refractivity contribution in [3.05, 3.63) is 59.2 Å². The molecule has 0 bridgehead atoms. The molecule has 0 aliphatic rings. The van der Waals surface area contributed by atoms with Gasteiger partial charge in [0.1, 0.15) is 24.7 Å². The zero-order valence-electron chi connectivity index (χ0n) is 12.1. The van der Waals surface area contributed by atoms with Crippen molar-refractivity contribution in [1.82, 2.24) is 0 Å². The molecule has 110 valence electrons. The lowest BCUT2D eigenvalue weighted by Gasteiger charge is -2.10. The Kier molecular flexibility index (Phi) is 4.82. The van der Waals surface area contributed by atoms with Gasteiger partial charge in [-0.3, -0.25) is 0 Å². The third kappa shape index (κ3) is 4.53. The summed E-state index contributed by atoms with van der Waals surface area (Å²) in [5, 5.41) is 8.80. The van der Waals surface area contributed by atoms with Crippen LogP contribution in [0.5, 0.6) is 11.5 Å². The van der Waals surface area contributed by atoms with Gasteiger partial charge in [0, 0.05) is 0 Å². The molecule has 4 heteroatoms. The van der Waals surface area contributed by atoms with Crippen LogP contribution < -0.4 is 9.47 Å². The lowest BCUT2D eigenvalue weighted by Crippen LogP contribution is -2.09. The van der Waals surface area contributed by atoms with Crippen molar-refractivity contribution >= 4 is 5.97 Å². The normalized spacial score (nSPS) is 10.2. The van der Waals surface area contributed by atoms with Gasteiger partial charge in [0.2, 0.25) is 0 Å². The minimum Gasteiger partial charge on any atom is -0.490 e. The molecule has 2 rings (SSSR count). The van der Waals surface area contributed by atoms with Crippen LogP contribution in [0.25, 0.3) is 0 Å². The van der Waals surface area contributed by atoms with Gasteiger partial charge in [-0.2, -0.15) is 0 Å². The molecule has 0 heterocycles. The second-order valence-corrected chi connectivity index (χ2v) is 4.85. The Hall–Kier alpha value is -2.49. The minimum atomic E-state index is -0.945. The molecule has 2 aromatic carbocycles. The Morgan fingerprint density at radius 2 is 1.43 bits per heavy atom. The second kappa shape index (κ2) is 6.79.